The maximum atomic E-state index is 10.4. The Morgan fingerprint density at radius 3 is 2.27 bits per heavy atom. The van der Waals surface area contributed by atoms with Gasteiger partial charge in [0.05, 0.1) is 5.92 Å². The number of carboxylic acid groups (broad SMARTS) is 2. The minimum Gasteiger partial charge on any atom is -0.481 e. The zero-order chi connectivity index (χ0) is 8.43. The number of carbonyl (C=O) groups is 2. The second-order valence-electron chi connectivity index (χ2n) is 2.50. The first-order chi connectivity index (χ1) is 5.13. The first kappa shape index (κ1) is 8.00. The summed E-state index contributed by atoms with van der Waals surface area (Å²) in [5.74, 6) is -2.90. The molecule has 0 unspecified atom stereocenters. The molecule has 1 heterocycles. The van der Waals surface area contributed by atoms with Crippen molar-refractivity contribution in [1.29, 1.82) is 0 Å². The van der Waals surface area contributed by atoms with Gasteiger partial charge in [0.25, 0.3) is 0 Å². The standard InChI is InChI=1S/C6H9NO4/c8-5(9)3-1-2-7-4(3)6(10)11/h3-4,7H,1-2H2,(H,8,9)(H,10,11)/t3-,4-/m1/s1. The summed E-state index contributed by atoms with van der Waals surface area (Å²) >= 11 is 0. The highest BCUT2D eigenvalue weighted by Gasteiger charge is 2.37. The van der Waals surface area contributed by atoms with Crippen LogP contribution in [0.5, 0.6) is 0 Å². The van der Waals surface area contributed by atoms with Crippen molar-refractivity contribution in [3.8, 4) is 0 Å². The Morgan fingerprint density at radius 2 is 1.91 bits per heavy atom. The van der Waals surface area contributed by atoms with Crippen LogP contribution in [-0.2, 0) is 9.59 Å². The molecule has 0 aromatic carbocycles. The van der Waals surface area contributed by atoms with Crippen LogP contribution in [0.4, 0.5) is 0 Å². The van der Waals surface area contributed by atoms with Crippen LogP contribution in [0.15, 0.2) is 0 Å². The van der Waals surface area contributed by atoms with E-state index >= 15 is 0 Å². The van der Waals surface area contributed by atoms with Gasteiger partial charge in [-0.15, -0.1) is 0 Å². The Kier molecular flexibility index (Phi) is 2.09. The van der Waals surface area contributed by atoms with Crippen LogP contribution in [-0.4, -0.2) is 34.7 Å². The number of carboxylic acids is 2. The Hall–Kier alpha value is -1.10. The zero-order valence-corrected chi connectivity index (χ0v) is 5.78. The molecule has 0 aromatic rings. The van der Waals surface area contributed by atoms with E-state index in [2.05, 4.69) is 5.32 Å². The van der Waals surface area contributed by atoms with Crippen molar-refractivity contribution >= 4 is 11.9 Å². The molecule has 1 rings (SSSR count). The van der Waals surface area contributed by atoms with E-state index in [4.69, 9.17) is 10.2 Å². The van der Waals surface area contributed by atoms with Crippen molar-refractivity contribution in [1.82, 2.24) is 5.32 Å². The zero-order valence-electron chi connectivity index (χ0n) is 5.78. The quantitative estimate of drug-likeness (QED) is 0.487. The fourth-order valence-electron chi connectivity index (χ4n) is 1.23. The molecule has 1 aliphatic heterocycles. The van der Waals surface area contributed by atoms with Crippen molar-refractivity contribution < 1.29 is 19.8 Å². The van der Waals surface area contributed by atoms with Gasteiger partial charge in [-0.2, -0.15) is 0 Å². The van der Waals surface area contributed by atoms with Gasteiger partial charge in [-0.05, 0) is 13.0 Å². The van der Waals surface area contributed by atoms with Crippen LogP contribution in [0.3, 0.4) is 0 Å². The lowest BCUT2D eigenvalue weighted by Crippen LogP contribution is -2.38. The highest BCUT2D eigenvalue weighted by Crippen LogP contribution is 2.15. The molecular formula is C6H9NO4. The normalized spacial score (nSPS) is 30.2. The van der Waals surface area contributed by atoms with E-state index in [1.165, 1.54) is 0 Å². The van der Waals surface area contributed by atoms with Crippen molar-refractivity contribution in [2.75, 3.05) is 6.54 Å². The Labute approximate surface area is 63.0 Å². The van der Waals surface area contributed by atoms with Gasteiger partial charge in [-0.1, -0.05) is 0 Å². The van der Waals surface area contributed by atoms with E-state index in [1.54, 1.807) is 0 Å². The van der Waals surface area contributed by atoms with Gasteiger partial charge in [0.1, 0.15) is 6.04 Å². The third-order valence-corrected chi connectivity index (χ3v) is 1.81. The Morgan fingerprint density at radius 1 is 1.27 bits per heavy atom. The molecule has 3 N–H and O–H groups in total. The molecule has 62 valence electrons. The van der Waals surface area contributed by atoms with Crippen LogP contribution < -0.4 is 5.32 Å². The van der Waals surface area contributed by atoms with Crippen molar-refractivity contribution in [3.63, 3.8) is 0 Å². The smallest absolute Gasteiger partial charge is 0.321 e. The topological polar surface area (TPSA) is 86.6 Å². The molecule has 1 fully saturated rings. The molecular weight excluding hydrogens is 150 g/mol. The minimum atomic E-state index is -1.09. The number of hydrogen-bond donors (Lipinski definition) is 3. The van der Waals surface area contributed by atoms with Gasteiger partial charge in [0, 0.05) is 0 Å². The van der Waals surface area contributed by atoms with Gasteiger partial charge < -0.3 is 15.5 Å². The summed E-state index contributed by atoms with van der Waals surface area (Å²) < 4.78 is 0. The third-order valence-electron chi connectivity index (χ3n) is 1.81. The molecule has 0 amide bonds. The molecule has 0 aromatic heterocycles. The summed E-state index contributed by atoms with van der Waals surface area (Å²) in [6.07, 6.45) is 0.395. The van der Waals surface area contributed by atoms with Gasteiger partial charge in [-0.25, -0.2) is 0 Å². The molecule has 0 bridgehead atoms. The van der Waals surface area contributed by atoms with Crippen molar-refractivity contribution in [2.45, 2.75) is 12.5 Å². The van der Waals surface area contributed by atoms with Gasteiger partial charge >= 0.3 is 11.9 Å². The van der Waals surface area contributed by atoms with Crippen LogP contribution in [0.1, 0.15) is 6.42 Å². The van der Waals surface area contributed by atoms with E-state index in [-0.39, 0.29) is 0 Å². The van der Waals surface area contributed by atoms with Gasteiger partial charge in [-0.3, -0.25) is 9.59 Å². The summed E-state index contributed by atoms with van der Waals surface area (Å²) in [6.45, 7) is 0.466. The van der Waals surface area contributed by atoms with Crippen LogP contribution in [0.2, 0.25) is 0 Å². The molecule has 5 heteroatoms. The van der Waals surface area contributed by atoms with Crippen molar-refractivity contribution in [3.05, 3.63) is 0 Å². The SMILES string of the molecule is O=C(O)[C@@H]1CCN[C@H]1C(=O)O. The monoisotopic (exact) mass is 159 g/mol. The molecule has 2 atom stereocenters. The third kappa shape index (κ3) is 1.48. The maximum Gasteiger partial charge on any atom is 0.321 e. The largest absolute Gasteiger partial charge is 0.481 e. The summed E-state index contributed by atoms with van der Waals surface area (Å²) in [5, 5.41) is 19.6. The second-order valence-corrected chi connectivity index (χ2v) is 2.50. The maximum absolute atomic E-state index is 10.4. The van der Waals surface area contributed by atoms with E-state index in [9.17, 15) is 9.59 Å². The molecule has 0 aliphatic carbocycles. The fraction of sp³-hybridized carbons (Fsp3) is 0.667. The predicted molar refractivity (Wildman–Crippen MR) is 35.2 cm³/mol. The molecule has 11 heavy (non-hydrogen) atoms. The van der Waals surface area contributed by atoms with Gasteiger partial charge in [0.2, 0.25) is 0 Å². The lowest BCUT2D eigenvalue weighted by atomic mass is 10.0. The molecule has 5 nitrogen and oxygen atoms in total. The number of aliphatic carboxylic acids is 2. The summed E-state index contributed by atoms with van der Waals surface area (Å²) in [6, 6.07) is -0.910. The van der Waals surface area contributed by atoms with E-state index in [0.717, 1.165) is 0 Å². The molecule has 0 spiro atoms. The number of nitrogens with one attached hydrogen (secondary N) is 1. The average molecular weight is 159 g/mol. The fourth-order valence-corrected chi connectivity index (χ4v) is 1.23. The summed E-state index contributed by atoms with van der Waals surface area (Å²) in [7, 11) is 0. The van der Waals surface area contributed by atoms with Crippen molar-refractivity contribution in [2.24, 2.45) is 5.92 Å². The Balaban J connectivity index is 2.65. The summed E-state index contributed by atoms with van der Waals surface area (Å²) in [5.41, 5.74) is 0. The highest BCUT2D eigenvalue weighted by molar-refractivity contribution is 5.83. The second kappa shape index (κ2) is 2.87. The van der Waals surface area contributed by atoms with Crippen LogP contribution in [0, 0.1) is 5.92 Å². The van der Waals surface area contributed by atoms with Gasteiger partial charge in [0.15, 0.2) is 0 Å². The molecule has 1 aliphatic rings. The average Bonchev–Trinajstić information content (AvgIpc) is 2.32. The highest BCUT2D eigenvalue weighted by atomic mass is 16.4. The Bertz CT molecular complexity index is 171. The van der Waals surface area contributed by atoms with E-state index < -0.39 is 23.9 Å². The lowest BCUT2D eigenvalue weighted by molar-refractivity contribution is -0.149. The summed E-state index contributed by atoms with van der Waals surface area (Å²) in [4.78, 5) is 20.8. The van der Waals surface area contributed by atoms with Crippen LogP contribution in [0.25, 0.3) is 0 Å². The number of hydrogen-bond acceptors (Lipinski definition) is 3. The predicted octanol–water partition coefficient (Wildman–Crippen LogP) is -0.866. The first-order valence-electron chi connectivity index (χ1n) is 3.32. The lowest BCUT2D eigenvalue weighted by Gasteiger charge is -2.09. The number of rotatable bonds is 2. The minimum absolute atomic E-state index is 0.395. The molecule has 1 saturated heterocycles. The molecule has 0 saturated carbocycles. The van der Waals surface area contributed by atoms with E-state index in [0.29, 0.717) is 13.0 Å². The first-order valence-corrected chi connectivity index (χ1v) is 3.32. The molecule has 0 radical (unpaired) electrons. The van der Waals surface area contributed by atoms with E-state index in [1.807, 2.05) is 0 Å². The van der Waals surface area contributed by atoms with Crippen LogP contribution >= 0.6 is 0 Å².